The third-order valence-electron chi connectivity index (χ3n) is 6.94. The number of piperidine rings is 1. The number of likely N-dealkylation sites (N-methyl/N-ethyl adjacent to an activating group) is 1. The van der Waals surface area contributed by atoms with Crippen molar-refractivity contribution >= 4 is 15.2 Å². The molecule has 5 rings (SSSR count). The zero-order valence-electron chi connectivity index (χ0n) is 15.4. The maximum absolute atomic E-state index is 12.2. The fraction of sp³-hybridized carbons (Fsp3) is 0.550. The van der Waals surface area contributed by atoms with E-state index in [1.54, 1.807) is 19.1 Å². The summed E-state index contributed by atoms with van der Waals surface area (Å²) >= 11 is 0. The number of rotatable bonds is 2. The molecule has 0 aromatic heterocycles. The van der Waals surface area contributed by atoms with E-state index in [2.05, 4.69) is 14.1 Å². The van der Waals surface area contributed by atoms with Crippen LogP contribution in [-0.2, 0) is 21.4 Å². The predicted molar refractivity (Wildman–Crippen MR) is 102 cm³/mol. The number of aliphatic hydroxyl groups is 1. The Morgan fingerprint density at radius 1 is 1.48 bits per heavy atom. The first kappa shape index (κ1) is 17.5. The second-order valence-corrected chi connectivity index (χ2v) is 9.31. The van der Waals surface area contributed by atoms with Crippen molar-refractivity contribution in [2.24, 2.45) is 0 Å². The number of likely N-dealkylation sites (tertiary alicyclic amines) is 1. The molecule has 2 N–H and O–H groups in total. The van der Waals surface area contributed by atoms with Gasteiger partial charge in [0, 0.05) is 18.0 Å². The Hall–Kier alpha value is -1.62. The first-order valence-corrected chi connectivity index (χ1v) is 10.1. The Morgan fingerprint density at radius 2 is 2.26 bits per heavy atom. The summed E-state index contributed by atoms with van der Waals surface area (Å²) in [4.78, 5) is 14.5. The summed E-state index contributed by atoms with van der Waals surface area (Å²) in [5, 5.41) is 22.4. The van der Waals surface area contributed by atoms with Gasteiger partial charge in [-0.15, -0.1) is 9.24 Å². The van der Waals surface area contributed by atoms with E-state index >= 15 is 0 Å². The van der Waals surface area contributed by atoms with Gasteiger partial charge in [-0.3, -0.25) is 4.79 Å². The SMILES string of the molecule is C[C@@H](P)C(=O)OC1=CC[C@@]2(O)[C@H]3Cc4ccc(O)c5c4C2(CCN3C)C1O5. The third-order valence-corrected chi connectivity index (χ3v) is 7.22. The molecular weight excluding hydrogens is 365 g/mol. The van der Waals surface area contributed by atoms with Crippen molar-refractivity contribution in [1.82, 2.24) is 4.90 Å². The Bertz CT molecular complexity index is 883. The van der Waals surface area contributed by atoms with Crippen molar-refractivity contribution in [3.8, 4) is 11.5 Å². The van der Waals surface area contributed by atoms with E-state index in [9.17, 15) is 15.0 Å². The average molecular weight is 389 g/mol. The highest BCUT2D eigenvalue weighted by molar-refractivity contribution is 7.19. The minimum absolute atomic E-state index is 0.0468. The van der Waals surface area contributed by atoms with Gasteiger partial charge in [-0.25, -0.2) is 0 Å². The van der Waals surface area contributed by atoms with E-state index in [0.717, 1.165) is 17.7 Å². The number of phenolic OH excluding ortho intramolecular Hbond substituents is 1. The minimum Gasteiger partial charge on any atom is -0.504 e. The first-order chi connectivity index (χ1) is 12.8. The topological polar surface area (TPSA) is 79.2 Å². The van der Waals surface area contributed by atoms with Gasteiger partial charge >= 0.3 is 5.97 Å². The van der Waals surface area contributed by atoms with Crippen LogP contribution in [0.1, 0.15) is 30.9 Å². The summed E-state index contributed by atoms with van der Waals surface area (Å²) in [5.41, 5.74) is -0.0773. The predicted octanol–water partition coefficient (Wildman–Crippen LogP) is 1.48. The molecule has 1 aromatic rings. The van der Waals surface area contributed by atoms with Crippen molar-refractivity contribution in [3.63, 3.8) is 0 Å². The Morgan fingerprint density at radius 3 is 3.00 bits per heavy atom. The van der Waals surface area contributed by atoms with Gasteiger partial charge in [0.2, 0.25) is 0 Å². The highest BCUT2D eigenvalue weighted by Gasteiger charge is 2.72. The lowest BCUT2D eigenvalue weighted by molar-refractivity contribution is -0.169. The summed E-state index contributed by atoms with van der Waals surface area (Å²) in [6.45, 7) is 2.56. The molecular formula is C20H24NO5P. The van der Waals surface area contributed by atoms with Crippen LogP contribution in [0.25, 0.3) is 0 Å². The molecule has 0 radical (unpaired) electrons. The van der Waals surface area contributed by atoms with Crippen LogP contribution in [0, 0.1) is 0 Å². The Kier molecular flexibility index (Phi) is 3.54. The minimum atomic E-state index is -1.03. The molecule has 6 nitrogen and oxygen atoms in total. The summed E-state index contributed by atoms with van der Waals surface area (Å²) in [6, 6.07) is 3.54. The molecule has 2 heterocycles. The normalized spacial score (nSPS) is 37.1. The summed E-state index contributed by atoms with van der Waals surface area (Å²) in [7, 11) is 4.48. The van der Waals surface area contributed by atoms with E-state index in [-0.39, 0.29) is 23.4 Å². The molecule has 3 unspecified atom stereocenters. The number of hydrogen-bond donors (Lipinski definition) is 2. The van der Waals surface area contributed by atoms with Crippen LogP contribution < -0.4 is 4.74 Å². The number of nitrogens with zero attached hydrogens (tertiary/aromatic N) is 1. The van der Waals surface area contributed by atoms with Gasteiger partial charge in [0.05, 0.1) is 16.7 Å². The molecule has 2 bridgehead atoms. The number of benzene rings is 1. The van der Waals surface area contributed by atoms with Crippen LogP contribution in [0.2, 0.25) is 0 Å². The number of phenols is 1. The quantitative estimate of drug-likeness (QED) is 0.589. The molecule has 6 atom stereocenters. The van der Waals surface area contributed by atoms with Crippen molar-refractivity contribution in [3.05, 3.63) is 35.1 Å². The number of carbonyl (C=O) groups excluding carboxylic acids is 1. The van der Waals surface area contributed by atoms with Gasteiger partial charge in [0.1, 0.15) is 5.76 Å². The number of carbonyl (C=O) groups is 1. The van der Waals surface area contributed by atoms with Crippen LogP contribution in [0.4, 0.5) is 0 Å². The van der Waals surface area contributed by atoms with Crippen LogP contribution in [0.15, 0.2) is 24.0 Å². The van der Waals surface area contributed by atoms with Crippen LogP contribution in [0.3, 0.4) is 0 Å². The Balaban J connectivity index is 1.72. The summed E-state index contributed by atoms with van der Waals surface area (Å²) in [6.07, 6.45) is 2.97. The second kappa shape index (κ2) is 5.47. The van der Waals surface area contributed by atoms with E-state index < -0.39 is 17.1 Å². The molecule has 144 valence electrons. The molecule has 1 saturated heterocycles. The van der Waals surface area contributed by atoms with E-state index in [0.29, 0.717) is 30.8 Å². The summed E-state index contributed by atoms with van der Waals surface area (Å²) < 4.78 is 11.9. The highest BCUT2D eigenvalue weighted by atomic mass is 31.0. The van der Waals surface area contributed by atoms with Gasteiger partial charge in [-0.05, 0) is 51.1 Å². The van der Waals surface area contributed by atoms with Crippen molar-refractivity contribution in [1.29, 1.82) is 0 Å². The van der Waals surface area contributed by atoms with E-state index in [4.69, 9.17) is 9.47 Å². The average Bonchev–Trinajstić information content (AvgIpc) is 2.98. The molecule has 2 aliphatic heterocycles. The Labute approximate surface area is 160 Å². The monoisotopic (exact) mass is 389 g/mol. The number of hydrogen-bond acceptors (Lipinski definition) is 6. The molecule has 1 fully saturated rings. The molecule has 1 spiro atoms. The van der Waals surface area contributed by atoms with E-state index in [1.165, 1.54) is 0 Å². The molecule has 7 heteroatoms. The molecule has 0 saturated carbocycles. The van der Waals surface area contributed by atoms with Gasteiger partial charge in [-0.2, -0.15) is 0 Å². The lowest BCUT2D eigenvalue weighted by atomic mass is 9.50. The smallest absolute Gasteiger partial charge is 0.317 e. The molecule has 27 heavy (non-hydrogen) atoms. The number of ether oxygens (including phenoxy) is 2. The lowest BCUT2D eigenvalue weighted by Crippen LogP contribution is -2.74. The van der Waals surface area contributed by atoms with Crippen LogP contribution in [-0.4, -0.2) is 58.1 Å². The fourth-order valence-electron chi connectivity index (χ4n) is 5.65. The van der Waals surface area contributed by atoms with Crippen LogP contribution in [0.5, 0.6) is 11.5 Å². The third kappa shape index (κ3) is 1.99. The first-order valence-electron chi connectivity index (χ1n) is 9.41. The van der Waals surface area contributed by atoms with Crippen molar-refractivity contribution in [2.75, 3.05) is 13.6 Å². The van der Waals surface area contributed by atoms with Gasteiger partial charge in [0.25, 0.3) is 0 Å². The van der Waals surface area contributed by atoms with Crippen molar-refractivity contribution in [2.45, 2.75) is 55.0 Å². The molecule has 4 aliphatic rings. The number of esters is 1. The zero-order chi connectivity index (χ0) is 19.1. The van der Waals surface area contributed by atoms with Crippen molar-refractivity contribution < 1.29 is 24.5 Å². The van der Waals surface area contributed by atoms with Gasteiger partial charge in [0.15, 0.2) is 17.6 Å². The fourth-order valence-corrected chi connectivity index (χ4v) is 5.71. The molecule has 0 amide bonds. The van der Waals surface area contributed by atoms with Crippen LogP contribution >= 0.6 is 9.24 Å². The molecule has 1 aromatic carbocycles. The largest absolute Gasteiger partial charge is 0.504 e. The second-order valence-electron chi connectivity index (χ2n) is 8.31. The lowest BCUT2D eigenvalue weighted by Gasteiger charge is -2.61. The van der Waals surface area contributed by atoms with E-state index in [1.807, 2.05) is 13.1 Å². The molecule has 2 aliphatic carbocycles. The maximum atomic E-state index is 12.2. The highest BCUT2D eigenvalue weighted by Crippen LogP contribution is 2.65. The summed E-state index contributed by atoms with van der Waals surface area (Å²) in [5.74, 6) is 0.604. The van der Waals surface area contributed by atoms with Gasteiger partial charge < -0.3 is 24.6 Å². The zero-order valence-corrected chi connectivity index (χ0v) is 16.6. The number of aromatic hydroxyl groups is 1. The maximum Gasteiger partial charge on any atom is 0.317 e. The van der Waals surface area contributed by atoms with Gasteiger partial charge in [-0.1, -0.05) is 6.07 Å². The standard InChI is InChI=1S/C20H24NO5P/c1-10(27)18(23)25-13-5-6-20(24)14-9-11-3-4-12(22)16-15(11)19(20,17(13)26-16)7-8-21(14)2/h3-5,10,14,17,22,24H,6-9,27H2,1-2H3/t10-,14-,17?,19?,20-/m1/s1.